The summed E-state index contributed by atoms with van der Waals surface area (Å²) in [7, 11) is 0. The van der Waals surface area contributed by atoms with Crippen molar-refractivity contribution in [3.05, 3.63) is 33.6 Å². The second-order valence-corrected chi connectivity index (χ2v) is 4.26. The van der Waals surface area contributed by atoms with Crippen molar-refractivity contribution in [2.24, 2.45) is 0 Å². The van der Waals surface area contributed by atoms with Gasteiger partial charge in [0.2, 0.25) is 0 Å². The first-order valence-corrected chi connectivity index (χ1v) is 5.72. The lowest BCUT2D eigenvalue weighted by molar-refractivity contribution is 0.625. The Hall–Kier alpha value is 0.210. The van der Waals surface area contributed by atoms with E-state index in [2.05, 4.69) is 15.9 Å². The Morgan fingerprint density at radius 2 is 1.92 bits per heavy atom. The molecule has 0 N–H and O–H groups in total. The minimum Gasteiger partial charge on any atom is -0.205 e. The summed E-state index contributed by atoms with van der Waals surface area (Å²) in [6.07, 6.45) is 1.69. The van der Waals surface area contributed by atoms with Crippen LogP contribution in [0.3, 0.4) is 0 Å². The van der Waals surface area contributed by atoms with E-state index in [4.69, 9.17) is 23.2 Å². The highest BCUT2D eigenvalue weighted by Gasteiger charge is 2.06. The van der Waals surface area contributed by atoms with Crippen LogP contribution in [-0.4, -0.2) is 5.33 Å². The van der Waals surface area contributed by atoms with Crippen molar-refractivity contribution in [2.75, 3.05) is 5.33 Å². The van der Waals surface area contributed by atoms with Crippen LogP contribution in [0.25, 0.3) is 0 Å². The first-order chi connectivity index (χ1) is 6.15. The molecule has 0 aliphatic carbocycles. The maximum atomic E-state index is 13.0. The quantitative estimate of drug-likeness (QED) is 0.568. The van der Waals surface area contributed by atoms with Crippen molar-refractivity contribution < 1.29 is 4.39 Å². The summed E-state index contributed by atoms with van der Waals surface area (Å²) in [6.45, 7) is 0. The predicted molar refractivity (Wildman–Crippen MR) is 58.5 cm³/mol. The summed E-state index contributed by atoms with van der Waals surface area (Å²) in [5, 5.41) is 1.49. The standard InChI is InChI=1S/C9H8BrCl2F/c10-3-1-2-6-4-9(13)8(12)5-7(6)11/h4-5H,1-3H2. The normalized spacial score (nSPS) is 10.5. The zero-order chi connectivity index (χ0) is 9.84. The molecule has 13 heavy (non-hydrogen) atoms. The van der Waals surface area contributed by atoms with Crippen molar-refractivity contribution in [3.8, 4) is 0 Å². The van der Waals surface area contributed by atoms with E-state index < -0.39 is 5.82 Å². The van der Waals surface area contributed by atoms with Crippen LogP contribution in [0.2, 0.25) is 10.0 Å². The van der Waals surface area contributed by atoms with Crippen LogP contribution in [0.4, 0.5) is 4.39 Å². The van der Waals surface area contributed by atoms with E-state index in [-0.39, 0.29) is 5.02 Å². The molecule has 0 aliphatic rings. The SMILES string of the molecule is Fc1cc(CCCBr)c(Cl)cc1Cl. The van der Waals surface area contributed by atoms with Crippen LogP contribution in [0, 0.1) is 5.82 Å². The molecule has 0 heterocycles. The lowest BCUT2D eigenvalue weighted by atomic mass is 10.1. The minimum absolute atomic E-state index is 0.0765. The van der Waals surface area contributed by atoms with E-state index in [0.29, 0.717) is 5.02 Å². The Balaban J connectivity index is 2.88. The topological polar surface area (TPSA) is 0 Å². The number of rotatable bonds is 3. The highest BCUT2D eigenvalue weighted by molar-refractivity contribution is 9.09. The Morgan fingerprint density at radius 3 is 2.54 bits per heavy atom. The van der Waals surface area contributed by atoms with E-state index in [1.54, 1.807) is 0 Å². The third-order valence-corrected chi connectivity index (χ3v) is 2.87. The number of hydrogen-bond donors (Lipinski definition) is 0. The Bertz CT molecular complexity index is 302. The zero-order valence-corrected chi connectivity index (χ0v) is 9.89. The average Bonchev–Trinajstić information content (AvgIpc) is 2.09. The molecule has 0 radical (unpaired) electrons. The molecule has 4 heteroatoms. The summed E-state index contributed by atoms with van der Waals surface area (Å²) in [5.41, 5.74) is 0.808. The van der Waals surface area contributed by atoms with Gasteiger partial charge in [0.25, 0.3) is 0 Å². The molecular weight excluding hydrogens is 278 g/mol. The van der Waals surface area contributed by atoms with E-state index in [9.17, 15) is 4.39 Å². The molecule has 0 aromatic heterocycles. The van der Waals surface area contributed by atoms with Gasteiger partial charge in [0.15, 0.2) is 0 Å². The van der Waals surface area contributed by atoms with Gasteiger partial charge in [-0.15, -0.1) is 0 Å². The van der Waals surface area contributed by atoms with E-state index in [1.807, 2.05) is 0 Å². The molecule has 0 atom stereocenters. The van der Waals surface area contributed by atoms with Gasteiger partial charge in [-0.05, 0) is 30.5 Å². The summed E-state index contributed by atoms with van der Waals surface area (Å²) >= 11 is 14.7. The van der Waals surface area contributed by atoms with Gasteiger partial charge in [0.05, 0.1) is 5.02 Å². The Labute approximate surface area is 95.2 Å². The third-order valence-electron chi connectivity index (χ3n) is 1.67. The monoisotopic (exact) mass is 284 g/mol. The molecule has 0 fully saturated rings. The van der Waals surface area contributed by atoms with Crippen LogP contribution >= 0.6 is 39.1 Å². The molecule has 0 aliphatic heterocycles. The fraction of sp³-hybridized carbons (Fsp3) is 0.333. The molecule has 1 rings (SSSR count). The van der Waals surface area contributed by atoms with E-state index >= 15 is 0 Å². The molecular formula is C9H8BrCl2F. The van der Waals surface area contributed by atoms with Gasteiger partial charge in [0.1, 0.15) is 5.82 Å². The number of aryl methyl sites for hydroxylation is 1. The van der Waals surface area contributed by atoms with Gasteiger partial charge in [-0.2, -0.15) is 0 Å². The second kappa shape index (κ2) is 5.18. The Kier molecular flexibility index (Phi) is 4.50. The predicted octanol–water partition coefficient (Wildman–Crippen LogP) is 4.46. The second-order valence-electron chi connectivity index (χ2n) is 2.65. The molecule has 1 aromatic rings. The number of benzene rings is 1. The molecule has 0 saturated carbocycles. The van der Waals surface area contributed by atoms with Gasteiger partial charge < -0.3 is 0 Å². The largest absolute Gasteiger partial charge is 0.205 e. The van der Waals surface area contributed by atoms with Crippen molar-refractivity contribution >= 4 is 39.1 Å². The van der Waals surface area contributed by atoms with Gasteiger partial charge in [-0.25, -0.2) is 4.39 Å². The molecule has 0 amide bonds. The Morgan fingerprint density at radius 1 is 1.23 bits per heavy atom. The third kappa shape index (κ3) is 3.12. The average molecular weight is 286 g/mol. The van der Waals surface area contributed by atoms with E-state index in [1.165, 1.54) is 12.1 Å². The minimum atomic E-state index is -0.407. The maximum Gasteiger partial charge on any atom is 0.142 e. The first-order valence-electron chi connectivity index (χ1n) is 3.84. The highest BCUT2D eigenvalue weighted by atomic mass is 79.9. The van der Waals surface area contributed by atoms with Crippen LogP contribution < -0.4 is 0 Å². The van der Waals surface area contributed by atoms with Crippen LogP contribution in [-0.2, 0) is 6.42 Å². The molecule has 0 nitrogen and oxygen atoms in total. The van der Waals surface area contributed by atoms with E-state index in [0.717, 1.165) is 23.7 Å². The summed E-state index contributed by atoms with van der Waals surface area (Å²) in [4.78, 5) is 0. The highest BCUT2D eigenvalue weighted by Crippen LogP contribution is 2.25. The molecule has 0 spiro atoms. The fourth-order valence-electron chi connectivity index (χ4n) is 1.01. The maximum absolute atomic E-state index is 13.0. The van der Waals surface area contributed by atoms with Crippen molar-refractivity contribution in [3.63, 3.8) is 0 Å². The smallest absolute Gasteiger partial charge is 0.142 e. The van der Waals surface area contributed by atoms with Crippen LogP contribution in [0.5, 0.6) is 0 Å². The van der Waals surface area contributed by atoms with Crippen LogP contribution in [0.15, 0.2) is 12.1 Å². The lowest BCUT2D eigenvalue weighted by Crippen LogP contribution is -1.90. The van der Waals surface area contributed by atoms with Crippen molar-refractivity contribution in [1.29, 1.82) is 0 Å². The van der Waals surface area contributed by atoms with Crippen molar-refractivity contribution in [2.45, 2.75) is 12.8 Å². The van der Waals surface area contributed by atoms with Gasteiger partial charge >= 0.3 is 0 Å². The fourth-order valence-corrected chi connectivity index (χ4v) is 1.77. The van der Waals surface area contributed by atoms with Gasteiger partial charge in [0, 0.05) is 10.4 Å². The van der Waals surface area contributed by atoms with Gasteiger partial charge in [-0.3, -0.25) is 0 Å². The van der Waals surface area contributed by atoms with Crippen LogP contribution in [0.1, 0.15) is 12.0 Å². The number of halogens is 4. The summed E-state index contributed by atoms with van der Waals surface area (Å²) in [6, 6.07) is 2.84. The number of alkyl halides is 1. The first kappa shape index (κ1) is 11.3. The van der Waals surface area contributed by atoms with Gasteiger partial charge in [-0.1, -0.05) is 39.1 Å². The van der Waals surface area contributed by atoms with Crippen molar-refractivity contribution in [1.82, 2.24) is 0 Å². The summed E-state index contributed by atoms with van der Waals surface area (Å²) < 4.78 is 13.0. The molecule has 72 valence electrons. The lowest BCUT2D eigenvalue weighted by Gasteiger charge is -2.04. The molecule has 0 bridgehead atoms. The molecule has 0 unspecified atom stereocenters. The molecule has 0 saturated heterocycles. The zero-order valence-electron chi connectivity index (χ0n) is 6.79. The molecule has 1 aromatic carbocycles. The number of hydrogen-bond acceptors (Lipinski definition) is 0. The summed E-state index contributed by atoms with van der Waals surface area (Å²) in [5.74, 6) is -0.407.